The minimum atomic E-state index is -0.0988. The van der Waals surface area contributed by atoms with Crippen LogP contribution in [0.4, 0.5) is 5.69 Å². The molecule has 0 atom stereocenters. The summed E-state index contributed by atoms with van der Waals surface area (Å²) in [5.74, 6) is -0.0988. The molecule has 0 radical (unpaired) electrons. The van der Waals surface area contributed by atoms with E-state index >= 15 is 0 Å². The molecule has 0 aliphatic heterocycles. The Hall–Kier alpha value is -2.62. The van der Waals surface area contributed by atoms with Crippen molar-refractivity contribution in [1.82, 2.24) is 5.16 Å². The van der Waals surface area contributed by atoms with Crippen molar-refractivity contribution in [3.05, 3.63) is 59.8 Å². The number of carbonyl (C=O) groups is 1. The van der Waals surface area contributed by atoms with Gasteiger partial charge in [-0.25, -0.2) is 0 Å². The third-order valence-corrected chi connectivity index (χ3v) is 3.43. The average molecular weight is 280 g/mol. The number of rotatable bonds is 4. The molecule has 4 nitrogen and oxygen atoms in total. The number of carbonyl (C=O) groups excluding carboxylic acids is 1. The van der Waals surface area contributed by atoms with Crippen molar-refractivity contribution >= 4 is 22.6 Å². The Balaban J connectivity index is 1.71. The molecule has 1 aromatic heterocycles. The van der Waals surface area contributed by atoms with E-state index in [9.17, 15) is 4.79 Å². The van der Waals surface area contributed by atoms with E-state index in [2.05, 4.69) is 17.4 Å². The van der Waals surface area contributed by atoms with Crippen molar-refractivity contribution in [2.75, 3.05) is 5.32 Å². The highest BCUT2D eigenvalue weighted by atomic mass is 16.5. The summed E-state index contributed by atoms with van der Waals surface area (Å²) in [7, 11) is 0. The number of fused-ring (bicyclic) bond motifs is 1. The van der Waals surface area contributed by atoms with Gasteiger partial charge in [-0.3, -0.25) is 4.79 Å². The van der Waals surface area contributed by atoms with Gasteiger partial charge in [0.15, 0.2) is 5.58 Å². The van der Waals surface area contributed by atoms with Crippen LogP contribution in [0.3, 0.4) is 0 Å². The normalized spacial score (nSPS) is 10.7. The highest BCUT2D eigenvalue weighted by molar-refractivity contribution is 5.94. The second-order valence-electron chi connectivity index (χ2n) is 4.90. The van der Waals surface area contributed by atoms with Crippen LogP contribution in [0.5, 0.6) is 0 Å². The lowest BCUT2D eigenvalue weighted by molar-refractivity contribution is -0.115. The predicted octanol–water partition coefficient (Wildman–Crippen LogP) is 3.57. The van der Waals surface area contributed by atoms with Crippen molar-refractivity contribution < 1.29 is 9.32 Å². The SMILES string of the molecule is CCc1ccc(NC(=O)Cc2noc3ccccc23)cc1. The number of amides is 1. The average Bonchev–Trinajstić information content (AvgIpc) is 2.91. The molecule has 0 aliphatic rings. The maximum atomic E-state index is 12.1. The van der Waals surface area contributed by atoms with Gasteiger partial charge >= 0.3 is 0 Å². The number of hydrogen-bond donors (Lipinski definition) is 1. The van der Waals surface area contributed by atoms with Gasteiger partial charge in [-0.1, -0.05) is 36.3 Å². The lowest BCUT2D eigenvalue weighted by Gasteiger charge is -2.05. The highest BCUT2D eigenvalue weighted by Gasteiger charge is 2.12. The summed E-state index contributed by atoms with van der Waals surface area (Å²) in [6, 6.07) is 15.4. The molecular weight excluding hydrogens is 264 g/mol. The van der Waals surface area contributed by atoms with E-state index < -0.39 is 0 Å². The fourth-order valence-corrected chi connectivity index (χ4v) is 2.25. The summed E-state index contributed by atoms with van der Waals surface area (Å²) in [6.45, 7) is 2.10. The fraction of sp³-hybridized carbons (Fsp3) is 0.176. The van der Waals surface area contributed by atoms with E-state index in [0.717, 1.165) is 17.5 Å². The second-order valence-corrected chi connectivity index (χ2v) is 4.90. The molecule has 0 spiro atoms. The number of nitrogens with zero attached hydrogens (tertiary/aromatic N) is 1. The van der Waals surface area contributed by atoms with E-state index in [1.807, 2.05) is 48.5 Å². The third kappa shape index (κ3) is 2.94. The van der Waals surface area contributed by atoms with Crippen molar-refractivity contribution in [2.24, 2.45) is 0 Å². The van der Waals surface area contributed by atoms with Crippen LogP contribution >= 0.6 is 0 Å². The van der Waals surface area contributed by atoms with Gasteiger partial charge in [-0.15, -0.1) is 0 Å². The molecule has 0 unspecified atom stereocenters. The van der Waals surface area contributed by atoms with Crippen LogP contribution in [-0.4, -0.2) is 11.1 Å². The van der Waals surface area contributed by atoms with Crippen LogP contribution in [0.25, 0.3) is 11.0 Å². The van der Waals surface area contributed by atoms with Crippen LogP contribution < -0.4 is 5.32 Å². The molecular formula is C17H16N2O2. The number of hydrogen-bond acceptors (Lipinski definition) is 3. The first-order valence-corrected chi connectivity index (χ1v) is 6.98. The van der Waals surface area contributed by atoms with Crippen LogP contribution in [0.15, 0.2) is 53.1 Å². The van der Waals surface area contributed by atoms with Gasteiger partial charge < -0.3 is 9.84 Å². The standard InChI is InChI=1S/C17H16N2O2/c1-2-12-7-9-13(10-8-12)18-17(20)11-15-14-5-3-4-6-16(14)21-19-15/h3-10H,2,11H2,1H3,(H,18,20). The minimum Gasteiger partial charge on any atom is -0.356 e. The number of benzene rings is 2. The highest BCUT2D eigenvalue weighted by Crippen LogP contribution is 2.18. The Morgan fingerprint density at radius 1 is 1.14 bits per heavy atom. The first-order chi connectivity index (χ1) is 10.3. The molecule has 3 aromatic rings. The van der Waals surface area contributed by atoms with Crippen molar-refractivity contribution in [2.45, 2.75) is 19.8 Å². The molecule has 4 heteroatoms. The van der Waals surface area contributed by atoms with E-state index in [0.29, 0.717) is 11.3 Å². The second kappa shape index (κ2) is 5.79. The van der Waals surface area contributed by atoms with Crippen molar-refractivity contribution in [3.8, 4) is 0 Å². The topological polar surface area (TPSA) is 55.1 Å². The lowest BCUT2D eigenvalue weighted by atomic mass is 10.1. The molecule has 2 aromatic carbocycles. The number of para-hydroxylation sites is 1. The fourth-order valence-electron chi connectivity index (χ4n) is 2.25. The number of aromatic nitrogens is 1. The van der Waals surface area contributed by atoms with Crippen LogP contribution in [0.2, 0.25) is 0 Å². The van der Waals surface area contributed by atoms with Crippen molar-refractivity contribution in [3.63, 3.8) is 0 Å². The largest absolute Gasteiger partial charge is 0.356 e. The van der Waals surface area contributed by atoms with Gasteiger partial charge in [0.2, 0.25) is 5.91 Å². The van der Waals surface area contributed by atoms with E-state index in [-0.39, 0.29) is 12.3 Å². The lowest BCUT2D eigenvalue weighted by Crippen LogP contribution is -2.14. The van der Waals surface area contributed by atoms with Crippen molar-refractivity contribution in [1.29, 1.82) is 0 Å². The third-order valence-electron chi connectivity index (χ3n) is 3.43. The molecule has 0 bridgehead atoms. The Morgan fingerprint density at radius 3 is 2.67 bits per heavy atom. The van der Waals surface area contributed by atoms with Crippen LogP contribution in [0.1, 0.15) is 18.2 Å². The van der Waals surface area contributed by atoms with E-state index in [1.54, 1.807) is 0 Å². The minimum absolute atomic E-state index is 0.0988. The molecule has 0 saturated heterocycles. The van der Waals surface area contributed by atoms with Gasteiger partial charge in [0.1, 0.15) is 5.69 Å². The summed E-state index contributed by atoms with van der Waals surface area (Å²) in [4.78, 5) is 12.1. The Morgan fingerprint density at radius 2 is 1.90 bits per heavy atom. The summed E-state index contributed by atoms with van der Waals surface area (Å²) < 4.78 is 5.20. The zero-order valence-corrected chi connectivity index (χ0v) is 11.8. The predicted molar refractivity (Wildman–Crippen MR) is 82.2 cm³/mol. The summed E-state index contributed by atoms with van der Waals surface area (Å²) in [5, 5.41) is 7.73. The quantitative estimate of drug-likeness (QED) is 0.794. The van der Waals surface area contributed by atoms with Gasteiger partial charge in [-0.2, -0.15) is 0 Å². The van der Waals surface area contributed by atoms with E-state index in [1.165, 1.54) is 5.56 Å². The van der Waals surface area contributed by atoms with Gasteiger partial charge in [-0.05, 0) is 36.2 Å². The first-order valence-electron chi connectivity index (χ1n) is 6.98. The molecule has 106 valence electrons. The Labute approximate surface area is 122 Å². The number of aryl methyl sites for hydroxylation is 1. The summed E-state index contributed by atoms with van der Waals surface area (Å²) >= 11 is 0. The molecule has 1 N–H and O–H groups in total. The molecule has 21 heavy (non-hydrogen) atoms. The molecule has 0 aliphatic carbocycles. The Bertz CT molecular complexity index is 760. The molecule has 0 fully saturated rings. The maximum absolute atomic E-state index is 12.1. The zero-order chi connectivity index (χ0) is 14.7. The zero-order valence-electron chi connectivity index (χ0n) is 11.8. The van der Waals surface area contributed by atoms with Gasteiger partial charge in [0, 0.05) is 11.1 Å². The van der Waals surface area contributed by atoms with Crippen LogP contribution in [-0.2, 0) is 17.6 Å². The molecule has 1 heterocycles. The smallest absolute Gasteiger partial charge is 0.230 e. The molecule has 1 amide bonds. The summed E-state index contributed by atoms with van der Waals surface area (Å²) in [6.07, 6.45) is 1.19. The van der Waals surface area contributed by atoms with E-state index in [4.69, 9.17) is 4.52 Å². The number of anilines is 1. The van der Waals surface area contributed by atoms with Crippen LogP contribution in [0, 0.1) is 0 Å². The molecule has 0 saturated carbocycles. The van der Waals surface area contributed by atoms with Gasteiger partial charge in [0.25, 0.3) is 0 Å². The van der Waals surface area contributed by atoms with Gasteiger partial charge in [0.05, 0.1) is 6.42 Å². The summed E-state index contributed by atoms with van der Waals surface area (Å²) in [5.41, 5.74) is 3.40. The number of nitrogens with one attached hydrogen (secondary N) is 1. The maximum Gasteiger partial charge on any atom is 0.230 e. The molecule has 3 rings (SSSR count). The first kappa shape index (κ1) is 13.4. The Kier molecular flexibility index (Phi) is 3.69. The monoisotopic (exact) mass is 280 g/mol.